The van der Waals surface area contributed by atoms with Gasteiger partial charge in [-0.1, -0.05) is 73.7 Å². The van der Waals surface area contributed by atoms with Crippen molar-refractivity contribution in [2.75, 3.05) is 5.32 Å². The summed E-state index contributed by atoms with van der Waals surface area (Å²) < 4.78 is 1.92. The average Bonchev–Trinajstić information content (AvgIpc) is 3.24. The van der Waals surface area contributed by atoms with Gasteiger partial charge in [0.2, 0.25) is 0 Å². The first-order chi connectivity index (χ1) is 14.7. The maximum Gasteiger partial charge on any atom is 0.171 e. The smallest absolute Gasteiger partial charge is 0.171 e. The Labute approximate surface area is 182 Å². The summed E-state index contributed by atoms with van der Waals surface area (Å²) in [5.74, 6) is 0. The van der Waals surface area contributed by atoms with Crippen LogP contribution in [0.15, 0.2) is 91.1 Å². The Bertz CT molecular complexity index is 1120. The van der Waals surface area contributed by atoms with Gasteiger partial charge < -0.3 is 10.6 Å². The molecule has 0 amide bonds. The van der Waals surface area contributed by atoms with Gasteiger partial charge in [0, 0.05) is 29.6 Å². The number of hydrogen-bond donors (Lipinski definition) is 2. The third-order valence-electron chi connectivity index (χ3n) is 4.94. The summed E-state index contributed by atoms with van der Waals surface area (Å²) in [7, 11) is 0. The molecule has 5 heteroatoms. The molecule has 0 aliphatic heterocycles. The van der Waals surface area contributed by atoms with E-state index in [1.54, 1.807) is 0 Å². The van der Waals surface area contributed by atoms with Crippen molar-refractivity contribution in [2.45, 2.75) is 19.9 Å². The zero-order valence-electron chi connectivity index (χ0n) is 16.9. The van der Waals surface area contributed by atoms with Crippen LogP contribution < -0.4 is 10.6 Å². The van der Waals surface area contributed by atoms with Crippen molar-refractivity contribution < 1.29 is 0 Å². The second kappa shape index (κ2) is 9.37. The number of rotatable bonds is 6. The fourth-order valence-corrected chi connectivity index (χ4v) is 3.57. The maximum absolute atomic E-state index is 5.55. The summed E-state index contributed by atoms with van der Waals surface area (Å²) in [5, 5.41) is 12.1. The topological polar surface area (TPSA) is 41.9 Å². The minimum atomic E-state index is 0.581. The normalized spacial score (nSPS) is 10.6. The number of aryl methyl sites for hydroxylation is 1. The molecule has 0 aliphatic carbocycles. The van der Waals surface area contributed by atoms with Gasteiger partial charge in [-0.25, -0.2) is 4.68 Å². The first kappa shape index (κ1) is 19.9. The quantitative estimate of drug-likeness (QED) is 0.405. The van der Waals surface area contributed by atoms with Crippen LogP contribution in [-0.4, -0.2) is 14.9 Å². The summed E-state index contributed by atoms with van der Waals surface area (Å²) in [6.07, 6.45) is 3.01. The van der Waals surface area contributed by atoms with E-state index in [2.05, 4.69) is 48.0 Å². The van der Waals surface area contributed by atoms with E-state index in [9.17, 15) is 0 Å². The number of hydrogen-bond acceptors (Lipinski definition) is 2. The van der Waals surface area contributed by atoms with Crippen LogP contribution in [0.5, 0.6) is 0 Å². The fraction of sp³-hybridized carbons (Fsp3) is 0.120. The van der Waals surface area contributed by atoms with Gasteiger partial charge in [-0.15, -0.1) is 0 Å². The SMILES string of the molecule is CCc1ccccc1NC(=S)NCc1cn(-c2ccccc2)nc1-c1ccccc1. The lowest BCUT2D eigenvalue weighted by molar-refractivity contribution is 0.879. The molecule has 0 saturated heterocycles. The second-order valence-electron chi connectivity index (χ2n) is 6.97. The summed E-state index contributed by atoms with van der Waals surface area (Å²) in [4.78, 5) is 0. The number of para-hydroxylation sites is 2. The Morgan fingerprint density at radius 2 is 1.53 bits per heavy atom. The molecule has 4 rings (SSSR count). The van der Waals surface area contributed by atoms with E-state index in [0.717, 1.165) is 34.6 Å². The predicted octanol–water partition coefficient (Wildman–Crippen LogP) is 5.59. The largest absolute Gasteiger partial charge is 0.358 e. The van der Waals surface area contributed by atoms with Crippen LogP contribution in [0.25, 0.3) is 16.9 Å². The molecule has 0 saturated carbocycles. The van der Waals surface area contributed by atoms with Crippen LogP contribution in [0.1, 0.15) is 18.1 Å². The summed E-state index contributed by atoms with van der Waals surface area (Å²) in [6, 6.07) is 28.6. The molecule has 30 heavy (non-hydrogen) atoms. The summed E-state index contributed by atoms with van der Waals surface area (Å²) in [6.45, 7) is 2.72. The predicted molar refractivity (Wildman–Crippen MR) is 128 cm³/mol. The Balaban J connectivity index is 1.55. The third-order valence-corrected chi connectivity index (χ3v) is 5.19. The molecule has 1 heterocycles. The number of anilines is 1. The minimum absolute atomic E-state index is 0.581. The van der Waals surface area contributed by atoms with Crippen molar-refractivity contribution >= 4 is 23.0 Å². The lowest BCUT2D eigenvalue weighted by Crippen LogP contribution is -2.28. The zero-order chi connectivity index (χ0) is 20.8. The standard InChI is InChI=1S/C25H24N4S/c1-2-19-11-9-10-16-23(19)27-25(30)26-17-21-18-29(22-14-7-4-8-15-22)28-24(21)20-12-5-3-6-13-20/h3-16,18H,2,17H2,1H3,(H2,26,27,30). The highest BCUT2D eigenvalue weighted by atomic mass is 32.1. The number of nitrogens with one attached hydrogen (secondary N) is 2. The molecule has 4 aromatic rings. The molecule has 0 radical (unpaired) electrons. The van der Waals surface area contributed by atoms with E-state index < -0.39 is 0 Å². The van der Waals surface area contributed by atoms with Crippen LogP contribution in [0, 0.1) is 0 Å². The second-order valence-corrected chi connectivity index (χ2v) is 7.38. The van der Waals surface area contributed by atoms with Gasteiger partial charge in [-0.05, 0) is 42.4 Å². The van der Waals surface area contributed by atoms with Crippen molar-refractivity contribution in [2.24, 2.45) is 0 Å². The Morgan fingerprint density at radius 1 is 0.867 bits per heavy atom. The van der Waals surface area contributed by atoms with Gasteiger partial charge in [0.1, 0.15) is 0 Å². The van der Waals surface area contributed by atoms with Crippen molar-refractivity contribution in [3.05, 3.63) is 102 Å². The molecular weight excluding hydrogens is 388 g/mol. The summed E-state index contributed by atoms with van der Waals surface area (Å²) in [5.41, 5.74) is 6.42. The Hall–Kier alpha value is -3.44. The van der Waals surface area contributed by atoms with E-state index in [-0.39, 0.29) is 0 Å². The summed E-state index contributed by atoms with van der Waals surface area (Å²) >= 11 is 5.55. The maximum atomic E-state index is 5.55. The molecule has 2 N–H and O–H groups in total. The van der Waals surface area contributed by atoms with Crippen LogP contribution in [0.3, 0.4) is 0 Å². The highest BCUT2D eigenvalue weighted by molar-refractivity contribution is 7.80. The van der Waals surface area contributed by atoms with E-state index in [1.165, 1.54) is 5.56 Å². The molecule has 0 atom stereocenters. The molecule has 0 bridgehead atoms. The highest BCUT2D eigenvalue weighted by Crippen LogP contribution is 2.23. The van der Waals surface area contributed by atoms with Crippen molar-refractivity contribution in [1.29, 1.82) is 0 Å². The number of thiocarbonyl (C=S) groups is 1. The number of benzene rings is 3. The van der Waals surface area contributed by atoms with Gasteiger partial charge in [0.05, 0.1) is 11.4 Å². The van der Waals surface area contributed by atoms with Crippen LogP contribution >= 0.6 is 12.2 Å². The van der Waals surface area contributed by atoms with Gasteiger partial charge in [-0.3, -0.25) is 0 Å². The Kier molecular flexibility index (Phi) is 6.20. The van der Waals surface area contributed by atoms with E-state index in [0.29, 0.717) is 11.7 Å². The number of aromatic nitrogens is 2. The van der Waals surface area contributed by atoms with Gasteiger partial charge >= 0.3 is 0 Å². The zero-order valence-corrected chi connectivity index (χ0v) is 17.7. The van der Waals surface area contributed by atoms with E-state index >= 15 is 0 Å². The lowest BCUT2D eigenvalue weighted by Gasteiger charge is -2.13. The third kappa shape index (κ3) is 4.58. The minimum Gasteiger partial charge on any atom is -0.358 e. The lowest BCUT2D eigenvalue weighted by atomic mass is 10.1. The average molecular weight is 413 g/mol. The molecule has 150 valence electrons. The molecule has 0 aliphatic rings. The van der Waals surface area contributed by atoms with Gasteiger partial charge in [0.25, 0.3) is 0 Å². The Morgan fingerprint density at radius 3 is 2.27 bits per heavy atom. The van der Waals surface area contributed by atoms with Crippen molar-refractivity contribution in [3.8, 4) is 16.9 Å². The van der Waals surface area contributed by atoms with Crippen LogP contribution in [0.4, 0.5) is 5.69 Å². The van der Waals surface area contributed by atoms with Gasteiger partial charge in [-0.2, -0.15) is 5.10 Å². The van der Waals surface area contributed by atoms with Crippen LogP contribution in [-0.2, 0) is 13.0 Å². The molecule has 3 aromatic carbocycles. The monoisotopic (exact) mass is 412 g/mol. The molecule has 1 aromatic heterocycles. The van der Waals surface area contributed by atoms with Gasteiger partial charge in [0.15, 0.2) is 5.11 Å². The van der Waals surface area contributed by atoms with E-state index in [4.69, 9.17) is 17.3 Å². The molecular formula is C25H24N4S. The van der Waals surface area contributed by atoms with Crippen molar-refractivity contribution in [3.63, 3.8) is 0 Å². The molecule has 0 unspecified atom stereocenters. The van der Waals surface area contributed by atoms with E-state index in [1.807, 2.05) is 65.3 Å². The highest BCUT2D eigenvalue weighted by Gasteiger charge is 2.13. The molecule has 4 nitrogen and oxygen atoms in total. The molecule has 0 fully saturated rings. The first-order valence-corrected chi connectivity index (χ1v) is 10.5. The fourth-order valence-electron chi connectivity index (χ4n) is 3.38. The molecule has 0 spiro atoms. The number of nitrogens with zero attached hydrogens (tertiary/aromatic N) is 2. The first-order valence-electron chi connectivity index (χ1n) is 10.1. The van der Waals surface area contributed by atoms with Crippen LogP contribution in [0.2, 0.25) is 0 Å². The van der Waals surface area contributed by atoms with Crippen molar-refractivity contribution in [1.82, 2.24) is 15.1 Å².